The molecule has 8 nitrogen and oxygen atoms in total. The van der Waals surface area contributed by atoms with Crippen molar-refractivity contribution in [2.45, 2.75) is 52.4 Å². The van der Waals surface area contributed by atoms with Gasteiger partial charge in [-0.1, -0.05) is 24.3 Å². The Morgan fingerprint density at radius 2 is 1.87 bits per heavy atom. The fourth-order valence-corrected chi connectivity index (χ4v) is 4.03. The van der Waals surface area contributed by atoms with Crippen LogP contribution in [0.4, 0.5) is 0 Å². The van der Waals surface area contributed by atoms with Crippen LogP contribution in [0.2, 0.25) is 0 Å². The van der Waals surface area contributed by atoms with Crippen LogP contribution in [0, 0.1) is 0 Å². The van der Waals surface area contributed by atoms with E-state index in [1.165, 1.54) is 24.0 Å². The maximum atomic E-state index is 5.47. The van der Waals surface area contributed by atoms with Crippen LogP contribution in [0.3, 0.4) is 0 Å². The smallest absolute Gasteiger partial charge is 0.191 e. The molecule has 4 rings (SSSR count). The number of hydrogen-bond donors (Lipinski definition) is 2. The lowest BCUT2D eigenvalue weighted by molar-refractivity contribution is 0.0341. The van der Waals surface area contributed by atoms with Crippen LogP contribution in [-0.4, -0.2) is 58.5 Å². The number of guanidine groups is 1. The molecule has 2 aliphatic rings. The van der Waals surface area contributed by atoms with Crippen LogP contribution < -0.4 is 10.6 Å². The van der Waals surface area contributed by atoms with Crippen molar-refractivity contribution < 1.29 is 4.74 Å². The topological polar surface area (TPSA) is 79.6 Å². The summed E-state index contributed by atoms with van der Waals surface area (Å²) in [4.78, 5) is 7.29. The van der Waals surface area contributed by atoms with Crippen molar-refractivity contribution in [1.82, 2.24) is 30.3 Å². The van der Waals surface area contributed by atoms with E-state index in [4.69, 9.17) is 9.73 Å². The summed E-state index contributed by atoms with van der Waals surface area (Å²) < 4.78 is 7.72. The molecule has 0 atom stereocenters. The maximum Gasteiger partial charge on any atom is 0.191 e. The Morgan fingerprint density at radius 1 is 1.06 bits per heavy atom. The van der Waals surface area contributed by atoms with E-state index in [1.807, 2.05) is 0 Å². The first-order valence-electron chi connectivity index (χ1n) is 11.1. The van der Waals surface area contributed by atoms with Crippen molar-refractivity contribution in [1.29, 1.82) is 0 Å². The number of nitrogens with one attached hydrogen (secondary N) is 2. The second-order valence-corrected chi connectivity index (χ2v) is 7.85. The third kappa shape index (κ3) is 6.63. The minimum Gasteiger partial charge on any atom is -0.379 e. The minimum atomic E-state index is 0. The number of hydrogen-bond acceptors (Lipinski definition) is 5. The largest absolute Gasteiger partial charge is 0.379 e. The molecule has 9 heteroatoms. The lowest BCUT2D eigenvalue weighted by Crippen LogP contribution is -2.37. The second-order valence-electron chi connectivity index (χ2n) is 7.85. The van der Waals surface area contributed by atoms with Crippen molar-refractivity contribution in [2.75, 3.05) is 32.8 Å². The number of halogens is 1. The van der Waals surface area contributed by atoms with E-state index >= 15 is 0 Å². The highest BCUT2D eigenvalue weighted by atomic mass is 127. The van der Waals surface area contributed by atoms with Crippen LogP contribution in [0.1, 0.15) is 42.5 Å². The molecule has 1 fully saturated rings. The quantitative estimate of drug-likeness (QED) is 0.320. The number of rotatable bonds is 7. The van der Waals surface area contributed by atoms with Crippen LogP contribution in [0.5, 0.6) is 0 Å². The van der Waals surface area contributed by atoms with E-state index in [0.717, 1.165) is 70.0 Å². The number of aryl methyl sites for hydroxylation is 1. The maximum absolute atomic E-state index is 5.47. The summed E-state index contributed by atoms with van der Waals surface area (Å²) in [6.45, 7) is 9.77. The zero-order valence-electron chi connectivity index (χ0n) is 18.3. The van der Waals surface area contributed by atoms with Gasteiger partial charge in [0.2, 0.25) is 0 Å². The molecule has 0 unspecified atom stereocenters. The van der Waals surface area contributed by atoms with Gasteiger partial charge in [-0.05, 0) is 30.9 Å². The summed E-state index contributed by atoms with van der Waals surface area (Å²) >= 11 is 0. The molecule has 170 valence electrons. The van der Waals surface area contributed by atoms with Gasteiger partial charge in [-0.25, -0.2) is 4.99 Å². The zero-order valence-corrected chi connectivity index (χ0v) is 20.7. The fourth-order valence-electron chi connectivity index (χ4n) is 4.03. The van der Waals surface area contributed by atoms with Gasteiger partial charge in [-0.2, -0.15) is 0 Å². The summed E-state index contributed by atoms with van der Waals surface area (Å²) in [5.41, 5.74) is 2.60. The molecule has 0 saturated carbocycles. The Kier molecular flexibility index (Phi) is 9.54. The molecule has 3 heterocycles. The van der Waals surface area contributed by atoms with Gasteiger partial charge in [0.25, 0.3) is 0 Å². The van der Waals surface area contributed by atoms with Crippen LogP contribution in [0.15, 0.2) is 29.3 Å². The van der Waals surface area contributed by atoms with Crippen molar-refractivity contribution >= 4 is 29.9 Å². The van der Waals surface area contributed by atoms with Gasteiger partial charge in [-0.3, -0.25) is 4.90 Å². The average molecular weight is 539 g/mol. The highest BCUT2D eigenvalue weighted by Crippen LogP contribution is 2.15. The fraction of sp³-hybridized carbons (Fsp3) is 0.591. The SMILES string of the molecule is CCNC(=NCc1ccccc1CN1CCOCC1)NCc1nnc2n1CCCC2.I. The summed E-state index contributed by atoms with van der Waals surface area (Å²) in [6, 6.07) is 8.60. The number of nitrogens with zero attached hydrogens (tertiary/aromatic N) is 5. The summed E-state index contributed by atoms with van der Waals surface area (Å²) in [5.74, 6) is 2.91. The molecule has 31 heavy (non-hydrogen) atoms. The third-order valence-corrected chi connectivity index (χ3v) is 5.72. The van der Waals surface area contributed by atoms with Crippen LogP contribution >= 0.6 is 24.0 Å². The van der Waals surface area contributed by atoms with E-state index in [0.29, 0.717) is 13.1 Å². The van der Waals surface area contributed by atoms with Gasteiger partial charge in [0.05, 0.1) is 26.3 Å². The molecule has 0 bridgehead atoms. The van der Waals surface area contributed by atoms with Crippen molar-refractivity contribution in [2.24, 2.45) is 4.99 Å². The highest BCUT2D eigenvalue weighted by Gasteiger charge is 2.16. The Hall–Kier alpha value is -1.72. The number of morpholine rings is 1. The molecule has 1 aromatic carbocycles. The Balaban J connectivity index is 0.00000272. The van der Waals surface area contributed by atoms with Gasteiger partial charge in [-0.15, -0.1) is 34.2 Å². The second kappa shape index (κ2) is 12.4. The molecule has 0 aliphatic carbocycles. The number of aromatic nitrogens is 3. The molecule has 0 spiro atoms. The normalized spacial score (nSPS) is 17.0. The number of ether oxygens (including phenoxy) is 1. The number of fused-ring (bicyclic) bond motifs is 1. The molecule has 2 N–H and O–H groups in total. The summed E-state index contributed by atoms with van der Waals surface area (Å²) in [5, 5.41) is 15.5. The van der Waals surface area contributed by atoms with Gasteiger partial charge in [0.1, 0.15) is 5.82 Å². The molecule has 0 radical (unpaired) electrons. The first kappa shape index (κ1) is 23.9. The predicted octanol–water partition coefficient (Wildman–Crippen LogP) is 2.32. The summed E-state index contributed by atoms with van der Waals surface area (Å²) in [7, 11) is 0. The van der Waals surface area contributed by atoms with E-state index in [9.17, 15) is 0 Å². The molecule has 2 aliphatic heterocycles. The van der Waals surface area contributed by atoms with Gasteiger partial charge >= 0.3 is 0 Å². The molecular formula is C22H34IN7O. The van der Waals surface area contributed by atoms with Crippen LogP contribution in [0.25, 0.3) is 0 Å². The van der Waals surface area contributed by atoms with E-state index in [2.05, 4.69) is 61.5 Å². The summed E-state index contributed by atoms with van der Waals surface area (Å²) in [6.07, 6.45) is 3.44. The van der Waals surface area contributed by atoms with Crippen LogP contribution in [-0.2, 0) is 37.3 Å². The van der Waals surface area contributed by atoms with Gasteiger partial charge in [0.15, 0.2) is 11.8 Å². The van der Waals surface area contributed by atoms with Gasteiger partial charge in [0, 0.05) is 39.1 Å². The Bertz CT molecular complexity index is 848. The van der Waals surface area contributed by atoms with Gasteiger partial charge < -0.3 is 19.9 Å². The average Bonchev–Trinajstić information content (AvgIpc) is 3.20. The van der Waals surface area contributed by atoms with Crippen molar-refractivity contribution in [3.8, 4) is 0 Å². The lowest BCUT2D eigenvalue weighted by Gasteiger charge is -2.27. The first-order chi connectivity index (χ1) is 14.8. The Morgan fingerprint density at radius 3 is 2.68 bits per heavy atom. The standard InChI is InChI=1S/C22H33N7O.HI/c1-2-23-22(25-16-21-27-26-20-9-5-6-10-29(20)21)24-15-18-7-3-4-8-19(18)17-28-11-13-30-14-12-28;/h3-4,7-8H,2,5-6,9-17H2,1H3,(H2,23,24,25);1H. The molecule has 2 aromatic rings. The predicted molar refractivity (Wildman–Crippen MR) is 133 cm³/mol. The number of benzene rings is 1. The monoisotopic (exact) mass is 539 g/mol. The number of aliphatic imine (C=N–C) groups is 1. The van der Waals surface area contributed by atoms with Crippen molar-refractivity contribution in [3.63, 3.8) is 0 Å². The van der Waals surface area contributed by atoms with E-state index in [-0.39, 0.29) is 24.0 Å². The van der Waals surface area contributed by atoms with E-state index < -0.39 is 0 Å². The minimum absolute atomic E-state index is 0. The third-order valence-electron chi connectivity index (χ3n) is 5.72. The zero-order chi connectivity index (χ0) is 20.6. The molecule has 1 saturated heterocycles. The highest BCUT2D eigenvalue weighted by molar-refractivity contribution is 14.0. The first-order valence-corrected chi connectivity index (χ1v) is 11.1. The molecular weight excluding hydrogens is 505 g/mol. The van der Waals surface area contributed by atoms with Crippen molar-refractivity contribution in [3.05, 3.63) is 47.0 Å². The Labute approximate surface area is 201 Å². The molecule has 1 aromatic heterocycles. The van der Waals surface area contributed by atoms with E-state index in [1.54, 1.807) is 0 Å². The molecule has 0 amide bonds. The lowest BCUT2D eigenvalue weighted by atomic mass is 10.1.